The van der Waals surface area contributed by atoms with Crippen LogP contribution in [0.15, 0.2) is 86.6 Å². The van der Waals surface area contributed by atoms with Crippen LogP contribution in [-0.2, 0) is 17.8 Å². The number of Topliss-reactive ketones (excluding diaryl/α,β-unsaturated/α-hetero) is 1. The van der Waals surface area contributed by atoms with E-state index in [0.29, 0.717) is 31.1 Å². The summed E-state index contributed by atoms with van der Waals surface area (Å²) in [5.41, 5.74) is 2.73. The molecule has 238 valence electrons. The summed E-state index contributed by atoms with van der Waals surface area (Å²) in [6.45, 7) is 0.644. The number of hydrogen-bond acceptors (Lipinski definition) is 6. The first-order chi connectivity index (χ1) is 22.4. The van der Waals surface area contributed by atoms with Crippen LogP contribution in [0.3, 0.4) is 0 Å². The minimum Gasteiger partial charge on any atom is -0.508 e. The highest BCUT2D eigenvalue weighted by atomic mass is 79.9. The van der Waals surface area contributed by atoms with Gasteiger partial charge < -0.3 is 24.6 Å². The predicted molar refractivity (Wildman–Crippen MR) is 181 cm³/mol. The summed E-state index contributed by atoms with van der Waals surface area (Å²) in [6.07, 6.45) is 8.58. The van der Waals surface area contributed by atoms with E-state index < -0.39 is 5.92 Å². The first-order valence-corrected chi connectivity index (χ1v) is 16.7. The highest BCUT2D eigenvalue weighted by molar-refractivity contribution is 9.10. The van der Waals surface area contributed by atoms with E-state index in [4.69, 9.17) is 9.15 Å². The van der Waals surface area contributed by atoms with Gasteiger partial charge >= 0.3 is 0 Å². The fourth-order valence-electron chi connectivity index (χ4n) is 6.48. The second-order valence-corrected chi connectivity index (χ2v) is 13.0. The second-order valence-electron chi connectivity index (χ2n) is 12.1. The minimum absolute atomic E-state index is 0.0457. The van der Waals surface area contributed by atoms with Gasteiger partial charge in [-0.3, -0.25) is 14.4 Å². The first kappa shape index (κ1) is 31.6. The SMILES string of the molecule is O=C(C[C@@H](CC1CCCCC1)C(=O)NCCc1c[nH]c2ccc(O)cc12)c1cc(=O)c2c(OCc3ccccc3Br)cccc2o1. The molecule has 0 aliphatic heterocycles. The van der Waals surface area contributed by atoms with Crippen molar-refractivity contribution in [3.05, 3.63) is 105 Å². The van der Waals surface area contributed by atoms with Gasteiger partial charge in [-0.2, -0.15) is 0 Å². The molecule has 1 aliphatic rings. The highest BCUT2D eigenvalue weighted by Gasteiger charge is 2.28. The number of phenolic OH excluding ortho intramolecular Hbond substituents is 1. The second kappa shape index (κ2) is 14.4. The van der Waals surface area contributed by atoms with E-state index in [0.717, 1.165) is 52.2 Å². The quantitative estimate of drug-likeness (QED) is 0.115. The van der Waals surface area contributed by atoms with Crippen LogP contribution in [0.2, 0.25) is 0 Å². The number of H-pyrrole nitrogens is 1. The van der Waals surface area contributed by atoms with Gasteiger partial charge in [0, 0.05) is 52.1 Å². The molecular weight excluding hydrogens is 648 g/mol. The van der Waals surface area contributed by atoms with Crippen molar-refractivity contribution in [2.75, 3.05) is 6.54 Å². The van der Waals surface area contributed by atoms with Gasteiger partial charge in [-0.15, -0.1) is 0 Å². The standard InChI is InChI=1S/C37H37BrN2O6/c38-29-10-5-4-9-25(29)22-45-33-11-6-12-34-36(33)32(43)20-35(46-34)31(42)18-26(17-23-7-2-1-3-8-23)37(44)39-16-15-24-21-40-30-14-13-27(41)19-28(24)30/h4-6,9-14,19-21,23,26,40-41H,1-3,7-8,15-18,22H2,(H,39,44)/t26-/m1/s1. The molecule has 0 radical (unpaired) electrons. The van der Waals surface area contributed by atoms with Crippen molar-refractivity contribution in [2.45, 2.75) is 58.0 Å². The molecule has 0 saturated heterocycles. The van der Waals surface area contributed by atoms with Crippen LogP contribution in [0.1, 0.15) is 66.6 Å². The van der Waals surface area contributed by atoms with Gasteiger partial charge in [0.25, 0.3) is 0 Å². The molecule has 6 rings (SSSR count). The molecule has 0 spiro atoms. The Kier molecular flexibility index (Phi) is 9.88. The summed E-state index contributed by atoms with van der Waals surface area (Å²) in [4.78, 5) is 43.6. The van der Waals surface area contributed by atoms with Crippen molar-refractivity contribution in [3.63, 3.8) is 0 Å². The van der Waals surface area contributed by atoms with E-state index in [1.165, 1.54) is 12.5 Å². The maximum atomic E-state index is 13.6. The Hall–Kier alpha value is -4.37. The monoisotopic (exact) mass is 684 g/mol. The van der Waals surface area contributed by atoms with Crippen molar-refractivity contribution < 1.29 is 23.8 Å². The van der Waals surface area contributed by atoms with Gasteiger partial charge in [0.1, 0.15) is 29.1 Å². The number of nitrogens with one attached hydrogen (secondary N) is 2. The third-order valence-corrected chi connectivity index (χ3v) is 9.70. The molecule has 8 nitrogen and oxygen atoms in total. The van der Waals surface area contributed by atoms with Crippen LogP contribution in [0.4, 0.5) is 0 Å². The number of carbonyl (C=O) groups is 2. The zero-order chi connectivity index (χ0) is 32.0. The molecule has 5 aromatic rings. The molecule has 2 heterocycles. The van der Waals surface area contributed by atoms with Crippen LogP contribution in [0.25, 0.3) is 21.9 Å². The molecule has 1 fully saturated rings. The van der Waals surface area contributed by atoms with Crippen molar-refractivity contribution in [1.82, 2.24) is 10.3 Å². The number of fused-ring (bicyclic) bond motifs is 2. The average molecular weight is 686 g/mol. The number of aromatic nitrogens is 1. The van der Waals surface area contributed by atoms with Gasteiger partial charge in [-0.1, -0.05) is 72.3 Å². The van der Waals surface area contributed by atoms with Crippen molar-refractivity contribution in [2.24, 2.45) is 11.8 Å². The lowest BCUT2D eigenvalue weighted by atomic mass is 9.81. The van der Waals surface area contributed by atoms with Crippen LogP contribution in [0, 0.1) is 11.8 Å². The van der Waals surface area contributed by atoms with E-state index in [9.17, 15) is 19.5 Å². The summed E-state index contributed by atoms with van der Waals surface area (Å²) in [6, 6.07) is 19.2. The summed E-state index contributed by atoms with van der Waals surface area (Å²) >= 11 is 3.52. The van der Waals surface area contributed by atoms with E-state index in [1.54, 1.807) is 30.3 Å². The zero-order valence-electron chi connectivity index (χ0n) is 25.5. The van der Waals surface area contributed by atoms with Crippen molar-refractivity contribution in [1.29, 1.82) is 0 Å². The van der Waals surface area contributed by atoms with Crippen molar-refractivity contribution >= 4 is 49.5 Å². The molecule has 3 aromatic carbocycles. The molecule has 1 atom stereocenters. The average Bonchev–Trinajstić information content (AvgIpc) is 3.46. The number of ketones is 1. The lowest BCUT2D eigenvalue weighted by Crippen LogP contribution is -2.35. The summed E-state index contributed by atoms with van der Waals surface area (Å²) in [5.74, 6) is -0.201. The summed E-state index contributed by atoms with van der Waals surface area (Å²) in [7, 11) is 0. The number of carbonyl (C=O) groups excluding carboxylic acids is 2. The Bertz CT molecular complexity index is 1920. The fraction of sp³-hybridized carbons (Fsp3) is 0.324. The number of aromatic amines is 1. The van der Waals surface area contributed by atoms with Gasteiger partial charge in [-0.05, 0) is 60.7 Å². The molecule has 9 heteroatoms. The summed E-state index contributed by atoms with van der Waals surface area (Å²) in [5, 5.41) is 14.1. The molecular formula is C37H37BrN2O6. The Morgan fingerprint density at radius 1 is 1.02 bits per heavy atom. The number of rotatable bonds is 12. The lowest BCUT2D eigenvalue weighted by molar-refractivity contribution is -0.125. The topological polar surface area (TPSA) is 122 Å². The van der Waals surface area contributed by atoms with Crippen LogP contribution >= 0.6 is 15.9 Å². The largest absolute Gasteiger partial charge is 0.508 e. The first-order valence-electron chi connectivity index (χ1n) is 15.9. The van der Waals surface area contributed by atoms with Gasteiger partial charge in [0.05, 0.1) is 0 Å². The van der Waals surface area contributed by atoms with Crippen molar-refractivity contribution in [3.8, 4) is 11.5 Å². The number of halogens is 1. The fourth-order valence-corrected chi connectivity index (χ4v) is 6.88. The minimum atomic E-state index is -0.539. The maximum Gasteiger partial charge on any atom is 0.223 e. The third kappa shape index (κ3) is 7.36. The normalized spacial score (nSPS) is 14.4. The lowest BCUT2D eigenvalue weighted by Gasteiger charge is -2.25. The van der Waals surface area contributed by atoms with E-state index in [2.05, 4.69) is 26.2 Å². The zero-order valence-corrected chi connectivity index (χ0v) is 27.1. The number of hydrogen-bond donors (Lipinski definition) is 3. The maximum absolute atomic E-state index is 13.6. The molecule has 0 unspecified atom stereocenters. The highest BCUT2D eigenvalue weighted by Crippen LogP contribution is 2.32. The van der Waals surface area contributed by atoms with Crippen LogP contribution < -0.4 is 15.5 Å². The molecule has 46 heavy (non-hydrogen) atoms. The molecule has 0 bridgehead atoms. The Morgan fingerprint density at radius 2 is 1.85 bits per heavy atom. The van der Waals surface area contributed by atoms with Gasteiger partial charge in [-0.25, -0.2) is 0 Å². The third-order valence-electron chi connectivity index (χ3n) is 8.92. The van der Waals surface area contributed by atoms with Crippen LogP contribution in [0.5, 0.6) is 11.5 Å². The van der Waals surface area contributed by atoms with Crippen LogP contribution in [-0.4, -0.2) is 28.3 Å². The number of amides is 1. The molecule has 2 aromatic heterocycles. The van der Waals surface area contributed by atoms with Gasteiger partial charge in [0.15, 0.2) is 17.0 Å². The Labute approximate surface area is 275 Å². The van der Waals surface area contributed by atoms with E-state index in [1.807, 2.05) is 36.5 Å². The predicted octanol–water partition coefficient (Wildman–Crippen LogP) is 7.84. The summed E-state index contributed by atoms with van der Waals surface area (Å²) < 4.78 is 12.9. The molecule has 1 saturated carbocycles. The number of aromatic hydroxyl groups is 1. The Morgan fingerprint density at radius 3 is 2.67 bits per heavy atom. The molecule has 1 amide bonds. The number of phenols is 1. The Balaban J connectivity index is 1.16. The van der Waals surface area contributed by atoms with E-state index >= 15 is 0 Å². The van der Waals surface area contributed by atoms with E-state index in [-0.39, 0.29) is 52.6 Å². The van der Waals surface area contributed by atoms with Gasteiger partial charge in [0.2, 0.25) is 5.91 Å². The number of ether oxygens (including phenoxy) is 1. The molecule has 1 aliphatic carbocycles. The smallest absolute Gasteiger partial charge is 0.223 e. The number of benzene rings is 3. The molecule has 3 N–H and O–H groups in total.